The molecule has 126 valence electrons. The second kappa shape index (κ2) is 6.17. The summed E-state index contributed by atoms with van der Waals surface area (Å²) >= 11 is 3.75. The Morgan fingerprint density at radius 1 is 0.875 bits per heavy atom. The monoisotopic (exact) mass is 388 g/mol. The van der Waals surface area contributed by atoms with Gasteiger partial charge in [-0.3, -0.25) is 0 Å². The molecule has 24 heavy (non-hydrogen) atoms. The first-order valence-electron chi connectivity index (χ1n) is 8.33. The van der Waals surface area contributed by atoms with Crippen LogP contribution in [-0.4, -0.2) is 19.8 Å². The Kier molecular flexibility index (Phi) is 4.15. The van der Waals surface area contributed by atoms with Crippen molar-refractivity contribution in [2.75, 3.05) is 19.8 Å². The highest BCUT2D eigenvalue weighted by Gasteiger charge is 2.31. The van der Waals surface area contributed by atoms with E-state index in [1.807, 2.05) is 0 Å². The summed E-state index contributed by atoms with van der Waals surface area (Å²) in [5.74, 6) is 1.33. The fourth-order valence-electron chi connectivity index (χ4n) is 3.66. The average molecular weight is 389 g/mol. The first-order chi connectivity index (χ1) is 11.6. The molecule has 1 unspecified atom stereocenters. The zero-order chi connectivity index (χ0) is 16.8. The molecule has 0 amide bonds. The van der Waals surface area contributed by atoms with E-state index >= 15 is 0 Å². The lowest BCUT2D eigenvalue weighted by molar-refractivity contribution is -0.0441. The van der Waals surface area contributed by atoms with E-state index < -0.39 is 0 Å². The van der Waals surface area contributed by atoms with E-state index in [-0.39, 0.29) is 12.2 Å². The smallest absolute Gasteiger partial charge is 0.184 e. The Balaban J connectivity index is 1.71. The second-order valence-corrected chi connectivity index (χ2v) is 7.33. The Morgan fingerprint density at radius 2 is 1.50 bits per heavy atom. The molecule has 4 heteroatoms. The largest absolute Gasteiger partial charge is 0.492 e. The molecule has 1 atom stereocenters. The van der Waals surface area contributed by atoms with Gasteiger partial charge in [0.2, 0.25) is 0 Å². The summed E-state index contributed by atoms with van der Waals surface area (Å²) in [7, 11) is 0. The van der Waals surface area contributed by atoms with Gasteiger partial charge in [0.1, 0.15) is 5.75 Å². The third-order valence-electron chi connectivity index (χ3n) is 5.19. The van der Waals surface area contributed by atoms with Crippen LogP contribution < -0.4 is 4.74 Å². The Labute approximate surface area is 151 Å². The summed E-state index contributed by atoms with van der Waals surface area (Å²) in [4.78, 5) is 0. The van der Waals surface area contributed by atoms with Crippen LogP contribution in [0.3, 0.4) is 0 Å². The molecule has 0 aromatic heterocycles. The highest BCUT2D eigenvalue weighted by atomic mass is 79.9. The van der Waals surface area contributed by atoms with Crippen molar-refractivity contribution in [1.82, 2.24) is 0 Å². The van der Waals surface area contributed by atoms with Crippen LogP contribution in [0.5, 0.6) is 5.75 Å². The molecule has 0 N–H and O–H groups in total. The van der Waals surface area contributed by atoms with Crippen molar-refractivity contribution in [3.63, 3.8) is 0 Å². The highest BCUT2D eigenvalue weighted by molar-refractivity contribution is 9.10. The first kappa shape index (κ1) is 16.1. The SMILES string of the molecule is Cc1c(C)c2c(c(C)c1Br)C(c1ccc(C3OCCO3)cc1)CO2. The van der Waals surface area contributed by atoms with Crippen LogP contribution in [-0.2, 0) is 9.47 Å². The van der Waals surface area contributed by atoms with Crippen LogP contribution >= 0.6 is 15.9 Å². The average Bonchev–Trinajstić information content (AvgIpc) is 3.28. The minimum Gasteiger partial charge on any atom is -0.492 e. The number of hydrogen-bond acceptors (Lipinski definition) is 3. The lowest BCUT2D eigenvalue weighted by Crippen LogP contribution is -2.05. The Morgan fingerprint density at radius 3 is 2.17 bits per heavy atom. The first-order valence-corrected chi connectivity index (χ1v) is 9.12. The lowest BCUT2D eigenvalue weighted by Gasteiger charge is -2.17. The molecule has 1 saturated heterocycles. The fraction of sp³-hybridized carbons (Fsp3) is 0.400. The number of hydrogen-bond donors (Lipinski definition) is 0. The molecule has 2 aliphatic rings. The van der Waals surface area contributed by atoms with E-state index in [1.54, 1.807) is 0 Å². The molecule has 0 bridgehead atoms. The van der Waals surface area contributed by atoms with Crippen molar-refractivity contribution in [2.45, 2.75) is 33.0 Å². The maximum absolute atomic E-state index is 6.07. The molecule has 0 saturated carbocycles. The molecule has 4 rings (SSSR count). The third kappa shape index (κ3) is 2.48. The van der Waals surface area contributed by atoms with E-state index in [1.165, 1.54) is 32.3 Å². The number of rotatable bonds is 2. The normalized spacial score (nSPS) is 20.2. The van der Waals surface area contributed by atoms with Crippen LogP contribution in [0.4, 0.5) is 0 Å². The van der Waals surface area contributed by atoms with Crippen LogP contribution in [0.25, 0.3) is 0 Å². The molecule has 0 aliphatic carbocycles. The quantitative estimate of drug-likeness (QED) is 0.728. The predicted molar refractivity (Wildman–Crippen MR) is 96.8 cm³/mol. The van der Waals surface area contributed by atoms with Crippen molar-refractivity contribution in [3.8, 4) is 5.75 Å². The van der Waals surface area contributed by atoms with Gasteiger partial charge in [-0.05, 0) is 43.0 Å². The summed E-state index contributed by atoms with van der Waals surface area (Å²) in [6.07, 6.45) is -0.216. The van der Waals surface area contributed by atoms with E-state index in [0.29, 0.717) is 19.8 Å². The van der Waals surface area contributed by atoms with Gasteiger partial charge in [-0.15, -0.1) is 0 Å². The summed E-state index contributed by atoms with van der Waals surface area (Å²) in [5.41, 5.74) is 7.43. The zero-order valence-electron chi connectivity index (χ0n) is 14.2. The van der Waals surface area contributed by atoms with Gasteiger partial charge in [0.05, 0.1) is 19.8 Å². The van der Waals surface area contributed by atoms with E-state index in [4.69, 9.17) is 14.2 Å². The van der Waals surface area contributed by atoms with E-state index in [2.05, 4.69) is 61.0 Å². The Hall–Kier alpha value is -1.36. The summed E-state index contributed by atoms with van der Waals surface area (Å²) in [6.45, 7) is 8.48. The molecule has 0 spiro atoms. The van der Waals surface area contributed by atoms with Crippen LogP contribution in [0.1, 0.15) is 45.6 Å². The van der Waals surface area contributed by atoms with Gasteiger partial charge in [0.15, 0.2) is 6.29 Å². The van der Waals surface area contributed by atoms with Gasteiger partial charge < -0.3 is 14.2 Å². The van der Waals surface area contributed by atoms with Gasteiger partial charge in [-0.1, -0.05) is 40.2 Å². The molecule has 2 aromatic carbocycles. The standard InChI is InChI=1S/C20H21BrO3/c1-11-12(2)19-17(13(3)18(11)21)16(10-24-19)14-4-6-15(7-5-14)20-22-8-9-23-20/h4-7,16,20H,8-10H2,1-3H3. The van der Waals surface area contributed by atoms with Crippen molar-refractivity contribution < 1.29 is 14.2 Å². The second-order valence-electron chi connectivity index (χ2n) is 6.54. The predicted octanol–water partition coefficient (Wildman–Crippen LogP) is 4.94. The van der Waals surface area contributed by atoms with Gasteiger partial charge in [0, 0.05) is 21.5 Å². The molecule has 2 aliphatic heterocycles. The van der Waals surface area contributed by atoms with Crippen molar-refractivity contribution in [3.05, 3.63) is 62.1 Å². The summed E-state index contributed by atoms with van der Waals surface area (Å²) < 4.78 is 18.4. The molecular weight excluding hydrogens is 368 g/mol. The van der Waals surface area contributed by atoms with Crippen LogP contribution in [0, 0.1) is 20.8 Å². The summed E-state index contributed by atoms with van der Waals surface area (Å²) in [6, 6.07) is 8.56. The van der Waals surface area contributed by atoms with Crippen molar-refractivity contribution in [1.29, 1.82) is 0 Å². The molecule has 3 nitrogen and oxygen atoms in total. The van der Waals surface area contributed by atoms with Crippen molar-refractivity contribution in [2.24, 2.45) is 0 Å². The summed E-state index contributed by atoms with van der Waals surface area (Å²) in [5, 5.41) is 0. The number of fused-ring (bicyclic) bond motifs is 1. The third-order valence-corrected chi connectivity index (χ3v) is 6.38. The van der Waals surface area contributed by atoms with Gasteiger partial charge in [-0.2, -0.15) is 0 Å². The number of halogens is 1. The molecule has 1 fully saturated rings. The highest BCUT2D eigenvalue weighted by Crippen LogP contribution is 2.46. The minimum absolute atomic E-state index is 0.216. The van der Waals surface area contributed by atoms with Gasteiger partial charge in [0.25, 0.3) is 0 Å². The molecular formula is C20H21BrO3. The topological polar surface area (TPSA) is 27.7 Å². The lowest BCUT2D eigenvalue weighted by atomic mass is 9.87. The fourth-order valence-corrected chi connectivity index (χ4v) is 4.17. The maximum atomic E-state index is 6.07. The number of benzene rings is 2. The number of ether oxygens (including phenoxy) is 3. The van der Waals surface area contributed by atoms with E-state index in [0.717, 1.165) is 11.3 Å². The Bertz CT molecular complexity index is 777. The zero-order valence-corrected chi connectivity index (χ0v) is 15.8. The molecule has 2 aromatic rings. The molecule has 2 heterocycles. The van der Waals surface area contributed by atoms with Crippen LogP contribution in [0.2, 0.25) is 0 Å². The van der Waals surface area contributed by atoms with Crippen LogP contribution in [0.15, 0.2) is 28.7 Å². The van der Waals surface area contributed by atoms with Crippen molar-refractivity contribution >= 4 is 15.9 Å². The minimum atomic E-state index is -0.216. The maximum Gasteiger partial charge on any atom is 0.184 e. The molecule has 0 radical (unpaired) electrons. The van der Waals surface area contributed by atoms with Gasteiger partial charge in [-0.25, -0.2) is 0 Å². The van der Waals surface area contributed by atoms with Gasteiger partial charge >= 0.3 is 0 Å². The van der Waals surface area contributed by atoms with E-state index in [9.17, 15) is 0 Å².